The first-order chi connectivity index (χ1) is 13.3. The summed E-state index contributed by atoms with van der Waals surface area (Å²) in [6.45, 7) is 2.39. The molecule has 142 valence electrons. The Labute approximate surface area is 160 Å². The van der Waals surface area contributed by atoms with E-state index in [-0.39, 0.29) is 5.97 Å². The number of rotatable bonds is 7. The molecule has 0 fully saturated rings. The summed E-state index contributed by atoms with van der Waals surface area (Å²) in [4.78, 5) is 11.5. The molecule has 1 heterocycles. The molecule has 4 heteroatoms. The van der Waals surface area contributed by atoms with Gasteiger partial charge in [0.2, 0.25) is 0 Å². The van der Waals surface area contributed by atoms with Gasteiger partial charge in [0, 0.05) is 5.56 Å². The van der Waals surface area contributed by atoms with E-state index >= 15 is 0 Å². The number of fused-ring (bicyclic) bond motifs is 2. The van der Waals surface area contributed by atoms with E-state index < -0.39 is 0 Å². The highest BCUT2D eigenvalue weighted by Crippen LogP contribution is 2.38. The maximum absolute atomic E-state index is 11.5. The largest absolute Gasteiger partial charge is 0.496 e. The molecule has 0 amide bonds. The summed E-state index contributed by atoms with van der Waals surface area (Å²) >= 11 is 0. The Kier molecular flexibility index (Phi) is 5.44. The zero-order valence-corrected chi connectivity index (χ0v) is 15.9. The van der Waals surface area contributed by atoms with Crippen LogP contribution in [0, 0.1) is 0 Å². The van der Waals surface area contributed by atoms with Crippen LogP contribution in [0.5, 0.6) is 5.75 Å². The molecule has 1 aliphatic heterocycles. The molecule has 0 saturated carbocycles. The highest BCUT2D eigenvalue weighted by atomic mass is 16.5. The summed E-state index contributed by atoms with van der Waals surface area (Å²) in [6, 6.07) is 12.5. The number of esters is 1. The number of benzene rings is 2. The highest BCUT2D eigenvalue weighted by Gasteiger charge is 2.22. The fraction of sp³-hybridized carbons (Fsp3) is 0.435. The van der Waals surface area contributed by atoms with Crippen LogP contribution < -0.4 is 10.1 Å². The minimum Gasteiger partial charge on any atom is -0.496 e. The Morgan fingerprint density at radius 3 is 3.04 bits per heavy atom. The Hall–Kier alpha value is -2.33. The topological polar surface area (TPSA) is 47.6 Å². The van der Waals surface area contributed by atoms with E-state index in [9.17, 15) is 4.79 Å². The van der Waals surface area contributed by atoms with Crippen molar-refractivity contribution in [3.8, 4) is 5.75 Å². The van der Waals surface area contributed by atoms with Gasteiger partial charge in [-0.2, -0.15) is 0 Å². The van der Waals surface area contributed by atoms with Crippen LogP contribution in [0.1, 0.15) is 57.8 Å². The Balaban J connectivity index is 1.26. The summed E-state index contributed by atoms with van der Waals surface area (Å²) in [5.41, 5.74) is 5.88. The lowest BCUT2D eigenvalue weighted by Crippen LogP contribution is -2.22. The molecule has 0 spiro atoms. The lowest BCUT2D eigenvalue weighted by atomic mass is 9.80. The zero-order chi connectivity index (χ0) is 18.6. The SMILES string of the molecule is COc1cccc2c1CCCC2CCNCCc1ccc2c(c1)COC2=O. The van der Waals surface area contributed by atoms with Crippen LogP contribution in [-0.4, -0.2) is 26.2 Å². The molecule has 0 bridgehead atoms. The molecule has 2 aliphatic rings. The first-order valence-electron chi connectivity index (χ1n) is 9.91. The standard InChI is InChI=1S/C23H27NO3/c1-26-22-7-3-5-19-17(4-2-6-21(19)22)11-13-24-12-10-16-8-9-20-18(14-16)15-27-23(20)25/h3,5,7-9,14,17,24H,2,4,6,10-13,15H2,1H3. The number of nitrogens with one attached hydrogen (secondary N) is 1. The number of cyclic esters (lactones) is 1. The van der Waals surface area contributed by atoms with Gasteiger partial charge < -0.3 is 14.8 Å². The monoisotopic (exact) mass is 365 g/mol. The Morgan fingerprint density at radius 2 is 2.15 bits per heavy atom. The van der Waals surface area contributed by atoms with E-state index in [1.807, 2.05) is 12.1 Å². The third-order valence-corrected chi connectivity index (χ3v) is 5.82. The molecule has 1 N–H and O–H groups in total. The van der Waals surface area contributed by atoms with Crippen molar-refractivity contribution in [1.29, 1.82) is 0 Å². The summed E-state index contributed by atoms with van der Waals surface area (Å²) < 4.78 is 10.6. The average molecular weight is 365 g/mol. The van der Waals surface area contributed by atoms with Gasteiger partial charge >= 0.3 is 5.97 Å². The number of carbonyl (C=O) groups is 1. The van der Waals surface area contributed by atoms with Crippen molar-refractivity contribution in [3.63, 3.8) is 0 Å². The van der Waals surface area contributed by atoms with Crippen molar-refractivity contribution < 1.29 is 14.3 Å². The molecule has 2 aromatic rings. The number of ether oxygens (including phenoxy) is 2. The van der Waals surface area contributed by atoms with Gasteiger partial charge in [-0.1, -0.05) is 24.3 Å². The molecule has 4 nitrogen and oxygen atoms in total. The quantitative estimate of drug-likeness (QED) is 0.595. The second kappa shape index (κ2) is 8.13. The second-order valence-electron chi connectivity index (χ2n) is 7.47. The average Bonchev–Trinajstić information content (AvgIpc) is 3.07. The zero-order valence-electron chi connectivity index (χ0n) is 15.9. The third-order valence-electron chi connectivity index (χ3n) is 5.82. The van der Waals surface area contributed by atoms with Gasteiger partial charge in [0.1, 0.15) is 12.4 Å². The van der Waals surface area contributed by atoms with E-state index in [4.69, 9.17) is 9.47 Å². The molecule has 1 unspecified atom stereocenters. The van der Waals surface area contributed by atoms with Crippen LogP contribution >= 0.6 is 0 Å². The molecule has 0 aromatic heterocycles. The van der Waals surface area contributed by atoms with Crippen LogP contribution in [-0.2, 0) is 24.2 Å². The molecule has 1 aliphatic carbocycles. The van der Waals surface area contributed by atoms with Crippen molar-refractivity contribution >= 4 is 5.97 Å². The van der Waals surface area contributed by atoms with Gasteiger partial charge in [0.25, 0.3) is 0 Å². The Bertz CT molecular complexity index is 830. The van der Waals surface area contributed by atoms with Crippen LogP contribution in [0.2, 0.25) is 0 Å². The van der Waals surface area contributed by atoms with Crippen LogP contribution in [0.15, 0.2) is 36.4 Å². The Morgan fingerprint density at radius 1 is 1.22 bits per heavy atom. The third kappa shape index (κ3) is 3.86. The first-order valence-corrected chi connectivity index (χ1v) is 9.91. The predicted octanol–water partition coefficient (Wildman–Crippen LogP) is 4.01. The van der Waals surface area contributed by atoms with Crippen molar-refractivity contribution in [2.45, 2.75) is 44.6 Å². The van der Waals surface area contributed by atoms with Gasteiger partial charge in [0.05, 0.1) is 12.7 Å². The fourth-order valence-electron chi connectivity index (χ4n) is 4.38. The van der Waals surface area contributed by atoms with Gasteiger partial charge in [-0.3, -0.25) is 0 Å². The first kappa shape index (κ1) is 18.1. The van der Waals surface area contributed by atoms with Crippen molar-refractivity contribution in [1.82, 2.24) is 5.32 Å². The summed E-state index contributed by atoms with van der Waals surface area (Å²) in [6.07, 6.45) is 5.77. The van der Waals surface area contributed by atoms with Crippen LogP contribution in [0.25, 0.3) is 0 Å². The van der Waals surface area contributed by atoms with Gasteiger partial charge in [0.15, 0.2) is 0 Å². The van der Waals surface area contributed by atoms with Gasteiger partial charge in [-0.15, -0.1) is 0 Å². The summed E-state index contributed by atoms with van der Waals surface area (Å²) in [5.74, 6) is 1.47. The van der Waals surface area contributed by atoms with Crippen LogP contribution in [0.4, 0.5) is 0 Å². The van der Waals surface area contributed by atoms with Gasteiger partial charge in [-0.05, 0) is 79.9 Å². The molecular weight excluding hydrogens is 338 g/mol. The molecule has 1 atom stereocenters. The number of hydrogen-bond donors (Lipinski definition) is 1. The normalized spacial score (nSPS) is 18.0. The fourth-order valence-corrected chi connectivity index (χ4v) is 4.38. The minimum absolute atomic E-state index is 0.195. The predicted molar refractivity (Wildman–Crippen MR) is 105 cm³/mol. The number of carbonyl (C=O) groups excluding carboxylic acids is 1. The van der Waals surface area contributed by atoms with E-state index in [0.29, 0.717) is 12.5 Å². The maximum atomic E-state index is 11.5. The molecule has 0 saturated heterocycles. The maximum Gasteiger partial charge on any atom is 0.338 e. The van der Waals surface area contributed by atoms with Crippen molar-refractivity contribution in [2.24, 2.45) is 0 Å². The number of methoxy groups -OCH3 is 1. The summed E-state index contributed by atoms with van der Waals surface area (Å²) in [7, 11) is 1.77. The van der Waals surface area contributed by atoms with E-state index in [0.717, 1.165) is 49.2 Å². The highest BCUT2D eigenvalue weighted by molar-refractivity contribution is 5.93. The van der Waals surface area contributed by atoms with Crippen molar-refractivity contribution in [2.75, 3.05) is 20.2 Å². The molecule has 27 heavy (non-hydrogen) atoms. The second-order valence-corrected chi connectivity index (χ2v) is 7.47. The molecule has 4 rings (SSSR count). The lowest BCUT2D eigenvalue weighted by Gasteiger charge is -2.27. The van der Waals surface area contributed by atoms with Crippen LogP contribution in [0.3, 0.4) is 0 Å². The molecular formula is C23H27NO3. The van der Waals surface area contributed by atoms with E-state index in [1.54, 1.807) is 7.11 Å². The summed E-state index contributed by atoms with van der Waals surface area (Å²) in [5, 5.41) is 3.59. The van der Waals surface area contributed by atoms with Gasteiger partial charge in [-0.25, -0.2) is 4.79 Å². The smallest absolute Gasteiger partial charge is 0.338 e. The van der Waals surface area contributed by atoms with E-state index in [2.05, 4.69) is 29.6 Å². The lowest BCUT2D eigenvalue weighted by molar-refractivity contribution is 0.0535. The van der Waals surface area contributed by atoms with Crippen molar-refractivity contribution in [3.05, 3.63) is 64.2 Å². The van der Waals surface area contributed by atoms with E-state index in [1.165, 1.54) is 29.5 Å². The minimum atomic E-state index is -0.195. The number of hydrogen-bond acceptors (Lipinski definition) is 4. The molecule has 2 aromatic carbocycles. The molecule has 0 radical (unpaired) electrons.